The molecule has 0 fully saturated rings. The van der Waals surface area contributed by atoms with Crippen LogP contribution in [0.2, 0.25) is 0 Å². The van der Waals surface area contributed by atoms with E-state index in [1.807, 2.05) is 85.8 Å². The second-order valence-electron chi connectivity index (χ2n) is 8.25. The lowest BCUT2D eigenvalue weighted by Crippen LogP contribution is -2.21. The van der Waals surface area contributed by atoms with Crippen molar-refractivity contribution in [2.24, 2.45) is 0 Å². The number of thiophene rings is 1. The number of carbonyl (C=O) groups is 1. The highest BCUT2D eigenvalue weighted by Crippen LogP contribution is 2.28. The number of nitrogens with one attached hydrogen (secondary N) is 1. The number of nitrogens with zero attached hydrogens (tertiary/aromatic N) is 2. The van der Waals surface area contributed by atoms with Gasteiger partial charge in [-0.1, -0.05) is 48.5 Å². The first-order valence-corrected chi connectivity index (χ1v) is 12.0. The lowest BCUT2D eigenvalue weighted by molar-refractivity contribution is 0.103. The second kappa shape index (κ2) is 9.56. The Morgan fingerprint density at radius 3 is 2.51 bits per heavy atom. The van der Waals surface area contributed by atoms with Gasteiger partial charge in [-0.15, -0.1) is 11.3 Å². The Bertz CT molecular complexity index is 1590. The quantitative estimate of drug-likeness (QED) is 0.315. The van der Waals surface area contributed by atoms with Gasteiger partial charge < -0.3 is 10.1 Å². The van der Waals surface area contributed by atoms with Crippen molar-refractivity contribution in [3.05, 3.63) is 117 Å². The maximum absolute atomic E-state index is 13.3. The van der Waals surface area contributed by atoms with Crippen molar-refractivity contribution in [2.75, 3.05) is 5.32 Å². The summed E-state index contributed by atoms with van der Waals surface area (Å²) in [6, 6.07) is 24.8. The van der Waals surface area contributed by atoms with E-state index in [0.717, 1.165) is 22.6 Å². The first-order valence-electron chi connectivity index (χ1n) is 11.2. The molecule has 0 aliphatic carbocycles. The molecule has 3 aromatic carbocycles. The molecule has 35 heavy (non-hydrogen) atoms. The molecule has 174 valence electrons. The monoisotopic (exact) mass is 481 g/mol. The molecule has 0 saturated carbocycles. The second-order valence-corrected chi connectivity index (χ2v) is 9.24. The summed E-state index contributed by atoms with van der Waals surface area (Å²) < 4.78 is 7.48. The molecule has 2 aromatic heterocycles. The zero-order valence-electron chi connectivity index (χ0n) is 19.3. The Morgan fingerprint density at radius 1 is 0.971 bits per heavy atom. The van der Waals surface area contributed by atoms with Crippen LogP contribution >= 0.6 is 11.3 Å². The molecule has 5 aromatic rings. The third-order valence-corrected chi connectivity index (χ3v) is 6.95. The van der Waals surface area contributed by atoms with Crippen molar-refractivity contribution >= 4 is 33.1 Å². The van der Waals surface area contributed by atoms with Crippen LogP contribution in [0, 0.1) is 13.8 Å². The molecular formula is C28H23N3O3S. The minimum atomic E-state index is -0.239. The van der Waals surface area contributed by atoms with Crippen LogP contribution < -0.4 is 15.6 Å². The highest BCUT2D eigenvalue weighted by atomic mass is 32.1. The van der Waals surface area contributed by atoms with Crippen molar-refractivity contribution < 1.29 is 9.53 Å². The SMILES string of the molecule is Cc1ccccc1NC(=O)c1sc2ncn(Cc3cccc(Oc4ccccc4)c3)c(=O)c2c1C. The van der Waals surface area contributed by atoms with E-state index in [2.05, 4.69) is 10.3 Å². The molecule has 0 aliphatic heterocycles. The normalized spacial score (nSPS) is 10.9. The summed E-state index contributed by atoms with van der Waals surface area (Å²) in [6.45, 7) is 4.08. The van der Waals surface area contributed by atoms with Gasteiger partial charge in [0.15, 0.2) is 0 Å². The average Bonchev–Trinajstić information content (AvgIpc) is 3.20. The highest BCUT2D eigenvalue weighted by Gasteiger charge is 2.20. The van der Waals surface area contributed by atoms with E-state index in [0.29, 0.717) is 33.0 Å². The fraction of sp³-hybridized carbons (Fsp3) is 0.107. The summed E-state index contributed by atoms with van der Waals surface area (Å²) in [6.07, 6.45) is 1.54. The molecule has 1 amide bonds. The molecule has 0 bridgehead atoms. The molecule has 0 atom stereocenters. The Hall–Kier alpha value is -4.23. The van der Waals surface area contributed by atoms with Crippen LogP contribution in [0.4, 0.5) is 5.69 Å². The summed E-state index contributed by atoms with van der Waals surface area (Å²) >= 11 is 1.23. The van der Waals surface area contributed by atoms with Crippen LogP contribution in [0.25, 0.3) is 10.2 Å². The predicted molar refractivity (Wildman–Crippen MR) is 140 cm³/mol. The van der Waals surface area contributed by atoms with E-state index in [4.69, 9.17) is 4.74 Å². The van der Waals surface area contributed by atoms with E-state index < -0.39 is 0 Å². The molecule has 7 heteroatoms. The number of hydrogen-bond acceptors (Lipinski definition) is 5. The van der Waals surface area contributed by atoms with Gasteiger partial charge in [-0.3, -0.25) is 14.2 Å². The van der Waals surface area contributed by atoms with Gasteiger partial charge in [-0.25, -0.2) is 4.98 Å². The summed E-state index contributed by atoms with van der Waals surface area (Å²) in [7, 11) is 0. The Kier molecular flexibility index (Phi) is 6.16. The van der Waals surface area contributed by atoms with Gasteiger partial charge in [0.05, 0.1) is 23.1 Å². The Morgan fingerprint density at radius 2 is 1.71 bits per heavy atom. The van der Waals surface area contributed by atoms with Gasteiger partial charge in [-0.05, 0) is 60.9 Å². The molecule has 5 rings (SSSR count). The standard InChI is InChI=1S/C28H23N3O3S/c1-18-9-6-7-14-23(18)30-26(32)25-19(2)24-27(35-25)29-17-31(28(24)33)16-20-10-8-13-22(15-20)34-21-11-4-3-5-12-21/h3-15,17H,16H2,1-2H3,(H,30,32). The van der Waals surface area contributed by atoms with Gasteiger partial charge in [-0.2, -0.15) is 0 Å². The van der Waals surface area contributed by atoms with Gasteiger partial charge in [0.25, 0.3) is 11.5 Å². The van der Waals surface area contributed by atoms with E-state index in [9.17, 15) is 9.59 Å². The van der Waals surface area contributed by atoms with Crippen LogP contribution in [0.15, 0.2) is 90.0 Å². The number of ether oxygens (including phenoxy) is 1. The van der Waals surface area contributed by atoms with Gasteiger partial charge in [0, 0.05) is 5.69 Å². The van der Waals surface area contributed by atoms with Gasteiger partial charge in [0.2, 0.25) is 0 Å². The third kappa shape index (κ3) is 4.72. The number of fused-ring (bicyclic) bond motifs is 1. The summed E-state index contributed by atoms with van der Waals surface area (Å²) in [5.74, 6) is 1.20. The Labute approximate surface area is 206 Å². The highest BCUT2D eigenvalue weighted by molar-refractivity contribution is 7.20. The van der Waals surface area contributed by atoms with Crippen LogP contribution in [0.1, 0.15) is 26.4 Å². The van der Waals surface area contributed by atoms with Gasteiger partial charge >= 0.3 is 0 Å². The van der Waals surface area contributed by atoms with E-state index in [-0.39, 0.29) is 11.5 Å². The molecular weight excluding hydrogens is 458 g/mol. The molecule has 6 nitrogen and oxygen atoms in total. The van der Waals surface area contributed by atoms with Crippen molar-refractivity contribution in [3.8, 4) is 11.5 Å². The number of benzene rings is 3. The fourth-order valence-electron chi connectivity index (χ4n) is 3.91. The summed E-state index contributed by atoms with van der Waals surface area (Å²) in [5.41, 5.74) is 3.10. The Balaban J connectivity index is 1.42. The topological polar surface area (TPSA) is 73.2 Å². The molecule has 0 unspecified atom stereocenters. The van der Waals surface area contributed by atoms with Crippen molar-refractivity contribution in [3.63, 3.8) is 0 Å². The summed E-state index contributed by atoms with van der Waals surface area (Å²) in [4.78, 5) is 31.9. The minimum absolute atomic E-state index is 0.173. The van der Waals surface area contributed by atoms with Crippen molar-refractivity contribution in [1.82, 2.24) is 9.55 Å². The van der Waals surface area contributed by atoms with Crippen molar-refractivity contribution in [2.45, 2.75) is 20.4 Å². The number of aryl methyl sites for hydroxylation is 2. The lowest BCUT2D eigenvalue weighted by atomic mass is 10.1. The number of para-hydroxylation sites is 2. The first kappa shape index (κ1) is 22.6. The average molecular weight is 482 g/mol. The largest absolute Gasteiger partial charge is 0.457 e. The number of amides is 1. The van der Waals surface area contributed by atoms with Crippen LogP contribution in [0.5, 0.6) is 11.5 Å². The maximum atomic E-state index is 13.3. The molecule has 0 saturated heterocycles. The van der Waals surface area contributed by atoms with E-state index in [1.54, 1.807) is 11.5 Å². The smallest absolute Gasteiger partial charge is 0.266 e. The van der Waals surface area contributed by atoms with Crippen LogP contribution in [0.3, 0.4) is 0 Å². The molecule has 0 radical (unpaired) electrons. The van der Waals surface area contributed by atoms with E-state index >= 15 is 0 Å². The molecule has 1 N–H and O–H groups in total. The number of anilines is 1. The number of hydrogen-bond donors (Lipinski definition) is 1. The number of rotatable bonds is 6. The van der Waals surface area contributed by atoms with Crippen molar-refractivity contribution in [1.29, 1.82) is 0 Å². The molecule has 0 aliphatic rings. The van der Waals surface area contributed by atoms with Crippen LogP contribution in [-0.4, -0.2) is 15.5 Å². The molecule has 0 spiro atoms. The lowest BCUT2D eigenvalue weighted by Gasteiger charge is -2.09. The van der Waals surface area contributed by atoms with Gasteiger partial charge in [0.1, 0.15) is 16.3 Å². The first-order chi connectivity index (χ1) is 17.0. The van der Waals surface area contributed by atoms with E-state index in [1.165, 1.54) is 17.7 Å². The van der Waals surface area contributed by atoms with Crippen LogP contribution in [-0.2, 0) is 6.54 Å². The fourth-order valence-corrected chi connectivity index (χ4v) is 4.94. The third-order valence-electron chi connectivity index (χ3n) is 5.75. The summed E-state index contributed by atoms with van der Waals surface area (Å²) in [5, 5.41) is 3.43. The predicted octanol–water partition coefficient (Wildman–Crippen LogP) is 6.17. The number of carbonyl (C=O) groups excluding carboxylic acids is 1. The zero-order chi connectivity index (χ0) is 24.4. The maximum Gasteiger partial charge on any atom is 0.266 e. The minimum Gasteiger partial charge on any atom is -0.457 e. The number of aromatic nitrogens is 2. The zero-order valence-corrected chi connectivity index (χ0v) is 20.1. The molecule has 2 heterocycles.